The molecular formula is C13H18ClN3O2S. The molecule has 2 amide bonds. The van der Waals surface area contributed by atoms with Gasteiger partial charge in [-0.25, -0.2) is 4.98 Å². The minimum absolute atomic E-state index is 0.0666. The molecule has 0 aliphatic heterocycles. The summed E-state index contributed by atoms with van der Waals surface area (Å²) < 4.78 is 0. The van der Waals surface area contributed by atoms with E-state index in [-0.39, 0.29) is 18.2 Å². The molecule has 0 aromatic carbocycles. The number of amides is 2. The molecule has 0 spiro atoms. The molecule has 5 nitrogen and oxygen atoms in total. The van der Waals surface area contributed by atoms with Gasteiger partial charge in [0.2, 0.25) is 11.8 Å². The maximum Gasteiger partial charge on any atom is 0.226 e. The SMILES string of the molecule is O=C(Cc1nc(CCl)cs1)NCCCC(=O)NC1CC1. The van der Waals surface area contributed by atoms with Crippen molar-refractivity contribution in [1.82, 2.24) is 15.6 Å². The third-order valence-electron chi connectivity index (χ3n) is 2.89. The Morgan fingerprint density at radius 3 is 2.85 bits per heavy atom. The van der Waals surface area contributed by atoms with Crippen LogP contribution >= 0.6 is 22.9 Å². The van der Waals surface area contributed by atoms with Gasteiger partial charge in [-0.3, -0.25) is 9.59 Å². The summed E-state index contributed by atoms with van der Waals surface area (Å²) in [5.41, 5.74) is 0.802. The highest BCUT2D eigenvalue weighted by molar-refractivity contribution is 7.09. The summed E-state index contributed by atoms with van der Waals surface area (Å²) in [6.07, 6.45) is 3.59. The van der Waals surface area contributed by atoms with Gasteiger partial charge in [0.05, 0.1) is 18.0 Å². The third kappa shape index (κ3) is 5.46. The number of rotatable bonds is 8. The van der Waals surface area contributed by atoms with Crippen molar-refractivity contribution >= 4 is 34.8 Å². The van der Waals surface area contributed by atoms with Gasteiger partial charge >= 0.3 is 0 Å². The summed E-state index contributed by atoms with van der Waals surface area (Å²) in [5, 5.41) is 8.34. The first-order valence-corrected chi connectivity index (χ1v) is 8.14. The monoisotopic (exact) mass is 315 g/mol. The molecule has 7 heteroatoms. The minimum Gasteiger partial charge on any atom is -0.356 e. The topological polar surface area (TPSA) is 71.1 Å². The predicted molar refractivity (Wildman–Crippen MR) is 78.8 cm³/mol. The normalized spacial score (nSPS) is 14.1. The third-order valence-corrected chi connectivity index (χ3v) is 4.06. The molecule has 1 saturated carbocycles. The number of nitrogens with one attached hydrogen (secondary N) is 2. The van der Waals surface area contributed by atoms with Crippen molar-refractivity contribution in [3.05, 3.63) is 16.1 Å². The second-order valence-corrected chi connectivity index (χ2v) is 6.05. The average Bonchev–Trinajstić information content (AvgIpc) is 3.11. The molecule has 1 aliphatic carbocycles. The summed E-state index contributed by atoms with van der Waals surface area (Å²) >= 11 is 7.09. The molecule has 0 bridgehead atoms. The molecule has 20 heavy (non-hydrogen) atoms. The molecule has 0 atom stereocenters. The second-order valence-electron chi connectivity index (χ2n) is 4.84. The Balaban J connectivity index is 1.56. The highest BCUT2D eigenvalue weighted by Crippen LogP contribution is 2.18. The lowest BCUT2D eigenvalue weighted by molar-refractivity contribution is -0.122. The Kier molecular flexibility index (Phi) is 5.79. The van der Waals surface area contributed by atoms with Crippen LogP contribution in [0.1, 0.15) is 36.4 Å². The van der Waals surface area contributed by atoms with Crippen LogP contribution in [0, 0.1) is 0 Å². The van der Waals surface area contributed by atoms with E-state index in [0.717, 1.165) is 23.5 Å². The summed E-state index contributed by atoms with van der Waals surface area (Å²) in [6.45, 7) is 0.519. The lowest BCUT2D eigenvalue weighted by Gasteiger charge is -2.05. The largest absolute Gasteiger partial charge is 0.356 e. The summed E-state index contributed by atoms with van der Waals surface area (Å²) in [4.78, 5) is 27.3. The number of hydrogen-bond donors (Lipinski definition) is 2. The van der Waals surface area contributed by atoms with Crippen LogP contribution in [0.25, 0.3) is 0 Å². The van der Waals surface area contributed by atoms with Crippen molar-refractivity contribution in [2.75, 3.05) is 6.54 Å². The Morgan fingerprint density at radius 1 is 1.40 bits per heavy atom. The van der Waals surface area contributed by atoms with E-state index in [4.69, 9.17) is 11.6 Å². The van der Waals surface area contributed by atoms with E-state index >= 15 is 0 Å². The zero-order valence-electron chi connectivity index (χ0n) is 11.2. The predicted octanol–water partition coefficient (Wildman–Crippen LogP) is 1.60. The Morgan fingerprint density at radius 2 is 2.20 bits per heavy atom. The number of nitrogens with zero attached hydrogens (tertiary/aromatic N) is 1. The van der Waals surface area contributed by atoms with Gasteiger partial charge in [-0.05, 0) is 19.3 Å². The van der Waals surface area contributed by atoms with Gasteiger partial charge in [0.25, 0.3) is 0 Å². The van der Waals surface area contributed by atoms with Crippen molar-refractivity contribution in [2.24, 2.45) is 0 Å². The van der Waals surface area contributed by atoms with Crippen molar-refractivity contribution < 1.29 is 9.59 Å². The molecule has 0 unspecified atom stereocenters. The summed E-state index contributed by atoms with van der Waals surface area (Å²) in [5.74, 6) is 0.380. The fourth-order valence-electron chi connectivity index (χ4n) is 1.70. The van der Waals surface area contributed by atoms with Gasteiger partial charge in [-0.2, -0.15) is 0 Å². The molecule has 2 N–H and O–H groups in total. The van der Waals surface area contributed by atoms with E-state index in [1.165, 1.54) is 11.3 Å². The van der Waals surface area contributed by atoms with E-state index in [1.54, 1.807) is 0 Å². The zero-order valence-corrected chi connectivity index (χ0v) is 12.7. The summed E-state index contributed by atoms with van der Waals surface area (Å²) in [6, 6.07) is 0.401. The maximum absolute atomic E-state index is 11.7. The van der Waals surface area contributed by atoms with E-state index < -0.39 is 0 Å². The number of carbonyl (C=O) groups is 2. The van der Waals surface area contributed by atoms with Crippen LogP contribution in [-0.4, -0.2) is 29.4 Å². The molecule has 110 valence electrons. The van der Waals surface area contributed by atoms with Gasteiger partial charge < -0.3 is 10.6 Å². The quantitative estimate of drug-likeness (QED) is 0.565. The average molecular weight is 316 g/mol. The first-order chi connectivity index (χ1) is 9.67. The smallest absolute Gasteiger partial charge is 0.226 e. The zero-order chi connectivity index (χ0) is 14.4. The van der Waals surface area contributed by atoms with Crippen molar-refractivity contribution in [1.29, 1.82) is 0 Å². The number of aromatic nitrogens is 1. The van der Waals surface area contributed by atoms with Crippen molar-refractivity contribution in [2.45, 2.75) is 44.0 Å². The van der Waals surface area contributed by atoms with E-state index in [0.29, 0.717) is 31.3 Å². The molecule has 1 heterocycles. The lowest BCUT2D eigenvalue weighted by Crippen LogP contribution is -2.29. The highest BCUT2D eigenvalue weighted by atomic mass is 35.5. The van der Waals surface area contributed by atoms with E-state index in [1.807, 2.05) is 5.38 Å². The van der Waals surface area contributed by atoms with Crippen molar-refractivity contribution in [3.8, 4) is 0 Å². The lowest BCUT2D eigenvalue weighted by atomic mass is 10.3. The number of halogens is 1. The van der Waals surface area contributed by atoms with Crippen LogP contribution in [0.5, 0.6) is 0 Å². The fourth-order valence-corrected chi connectivity index (χ4v) is 2.72. The number of carbonyl (C=O) groups excluding carboxylic acids is 2. The van der Waals surface area contributed by atoms with Crippen LogP contribution in [0.2, 0.25) is 0 Å². The fraction of sp³-hybridized carbons (Fsp3) is 0.615. The molecule has 2 rings (SSSR count). The Hall–Kier alpha value is -1.14. The van der Waals surface area contributed by atoms with Crippen LogP contribution in [0.15, 0.2) is 5.38 Å². The number of alkyl halides is 1. The second kappa shape index (κ2) is 7.59. The van der Waals surface area contributed by atoms with E-state index in [9.17, 15) is 9.59 Å². The molecule has 1 fully saturated rings. The van der Waals surface area contributed by atoms with Gasteiger partial charge in [-0.15, -0.1) is 22.9 Å². The molecule has 0 radical (unpaired) electrons. The van der Waals surface area contributed by atoms with Gasteiger partial charge in [0.15, 0.2) is 0 Å². The van der Waals surface area contributed by atoms with Crippen LogP contribution in [-0.2, 0) is 21.9 Å². The minimum atomic E-state index is -0.0666. The maximum atomic E-state index is 11.7. The molecular weight excluding hydrogens is 298 g/mol. The van der Waals surface area contributed by atoms with Gasteiger partial charge in [-0.1, -0.05) is 0 Å². The number of thiazole rings is 1. The highest BCUT2D eigenvalue weighted by Gasteiger charge is 2.22. The Bertz CT molecular complexity index is 474. The molecule has 1 aliphatic rings. The molecule has 1 aromatic rings. The summed E-state index contributed by atoms with van der Waals surface area (Å²) in [7, 11) is 0. The van der Waals surface area contributed by atoms with Gasteiger partial charge in [0.1, 0.15) is 5.01 Å². The first-order valence-electron chi connectivity index (χ1n) is 6.72. The van der Waals surface area contributed by atoms with Crippen molar-refractivity contribution in [3.63, 3.8) is 0 Å². The molecule has 0 saturated heterocycles. The Labute approximate surface area is 127 Å². The number of hydrogen-bond acceptors (Lipinski definition) is 4. The van der Waals surface area contributed by atoms with Crippen LogP contribution in [0.3, 0.4) is 0 Å². The van der Waals surface area contributed by atoms with Crippen LogP contribution in [0.4, 0.5) is 0 Å². The van der Waals surface area contributed by atoms with E-state index in [2.05, 4.69) is 15.6 Å². The van der Waals surface area contributed by atoms with Crippen LogP contribution < -0.4 is 10.6 Å². The standard InChI is InChI=1S/C13H18ClN3O2S/c14-7-10-8-20-13(17-10)6-12(19)15-5-1-2-11(18)16-9-3-4-9/h8-9H,1-7H2,(H,15,19)(H,16,18). The first kappa shape index (κ1) is 15.3. The molecule has 1 aromatic heterocycles. The van der Waals surface area contributed by atoms with Gasteiger partial charge in [0, 0.05) is 24.4 Å².